The second kappa shape index (κ2) is 47.5. The first-order valence-corrected chi connectivity index (χ1v) is 25.7. The average molecular weight is 804 g/mol. The van der Waals surface area contributed by atoms with Gasteiger partial charge in [0.25, 0.3) is 0 Å². The molecule has 5 nitrogen and oxygen atoms in total. The SMILES string of the molecule is CCCCCCCCCCC/C=C\CCCCCCCCC(O)C(=O)NC(CO)C(O)/C=C/CCCCCCCCCCCCCCCCCCCCCCCC. The van der Waals surface area contributed by atoms with Crippen molar-refractivity contribution < 1.29 is 20.1 Å². The highest BCUT2D eigenvalue weighted by atomic mass is 16.3. The lowest BCUT2D eigenvalue weighted by Crippen LogP contribution is -2.48. The van der Waals surface area contributed by atoms with Crippen molar-refractivity contribution in [2.24, 2.45) is 0 Å². The van der Waals surface area contributed by atoms with E-state index in [1.165, 1.54) is 225 Å². The molecule has 0 saturated heterocycles. The maximum atomic E-state index is 12.5. The zero-order valence-corrected chi connectivity index (χ0v) is 38.5. The minimum absolute atomic E-state index is 0.363. The Kier molecular flexibility index (Phi) is 46.5. The summed E-state index contributed by atoms with van der Waals surface area (Å²) in [6.45, 7) is 4.21. The lowest BCUT2D eigenvalue weighted by Gasteiger charge is -2.21. The molecule has 4 N–H and O–H groups in total. The molecular weight excluding hydrogens is 703 g/mol. The van der Waals surface area contributed by atoms with E-state index >= 15 is 0 Å². The standard InChI is InChI=1S/C52H101NO4/c1-3-5-7-9-11-13-15-17-19-21-23-24-25-26-27-29-30-32-34-36-38-40-42-44-46-50(55)49(48-54)53-52(57)51(56)47-45-43-41-39-37-35-33-31-28-22-20-18-16-14-12-10-8-6-4-2/h28,31,44,46,49-51,54-56H,3-27,29-30,32-43,45,47-48H2,1-2H3,(H,53,57)/b31-28-,46-44+. The molecule has 57 heavy (non-hydrogen) atoms. The molecule has 0 aliphatic heterocycles. The Morgan fingerprint density at radius 3 is 1.02 bits per heavy atom. The van der Waals surface area contributed by atoms with Gasteiger partial charge in [0.1, 0.15) is 6.10 Å². The van der Waals surface area contributed by atoms with Crippen LogP contribution in [0.3, 0.4) is 0 Å². The topological polar surface area (TPSA) is 89.8 Å². The van der Waals surface area contributed by atoms with Crippen LogP contribution in [0.1, 0.15) is 277 Å². The molecule has 338 valence electrons. The van der Waals surface area contributed by atoms with Gasteiger partial charge in [-0.3, -0.25) is 4.79 Å². The monoisotopic (exact) mass is 804 g/mol. The molecule has 0 spiro atoms. The van der Waals surface area contributed by atoms with Crippen LogP contribution in [-0.4, -0.2) is 46.1 Å². The van der Waals surface area contributed by atoms with Crippen molar-refractivity contribution in [3.63, 3.8) is 0 Å². The number of unbranched alkanes of at least 4 members (excludes halogenated alkanes) is 37. The highest BCUT2D eigenvalue weighted by Gasteiger charge is 2.22. The quantitative estimate of drug-likeness (QED) is 0.0364. The van der Waals surface area contributed by atoms with E-state index in [-0.39, 0.29) is 6.61 Å². The van der Waals surface area contributed by atoms with Crippen LogP contribution in [0.15, 0.2) is 24.3 Å². The number of carbonyl (C=O) groups is 1. The Hall–Kier alpha value is -1.17. The Bertz CT molecular complexity index is 844. The molecule has 0 radical (unpaired) electrons. The molecule has 0 aliphatic carbocycles. The number of nitrogens with one attached hydrogen (secondary N) is 1. The van der Waals surface area contributed by atoms with Gasteiger partial charge >= 0.3 is 0 Å². The number of rotatable bonds is 47. The van der Waals surface area contributed by atoms with E-state index in [0.29, 0.717) is 6.42 Å². The van der Waals surface area contributed by atoms with Crippen LogP contribution in [-0.2, 0) is 4.79 Å². The molecular formula is C52H101NO4. The van der Waals surface area contributed by atoms with Crippen molar-refractivity contribution in [2.45, 2.75) is 295 Å². The van der Waals surface area contributed by atoms with Crippen LogP contribution >= 0.6 is 0 Å². The van der Waals surface area contributed by atoms with Crippen LogP contribution in [0.2, 0.25) is 0 Å². The van der Waals surface area contributed by atoms with Crippen molar-refractivity contribution in [1.82, 2.24) is 5.32 Å². The molecule has 0 saturated carbocycles. The van der Waals surface area contributed by atoms with Crippen LogP contribution < -0.4 is 5.32 Å². The van der Waals surface area contributed by atoms with Crippen molar-refractivity contribution in [1.29, 1.82) is 0 Å². The Labute approximate surface area is 356 Å². The van der Waals surface area contributed by atoms with Crippen molar-refractivity contribution in [2.75, 3.05) is 6.61 Å². The molecule has 0 aromatic heterocycles. The third-order valence-electron chi connectivity index (χ3n) is 12.0. The number of hydrogen-bond donors (Lipinski definition) is 4. The predicted octanol–water partition coefficient (Wildman–Crippen LogP) is 15.3. The second-order valence-corrected chi connectivity index (χ2v) is 17.7. The highest BCUT2D eigenvalue weighted by Crippen LogP contribution is 2.17. The molecule has 5 heteroatoms. The van der Waals surface area contributed by atoms with E-state index in [1.807, 2.05) is 6.08 Å². The van der Waals surface area contributed by atoms with Gasteiger partial charge in [0.05, 0.1) is 18.8 Å². The van der Waals surface area contributed by atoms with E-state index in [9.17, 15) is 20.1 Å². The Balaban J connectivity index is 3.60. The van der Waals surface area contributed by atoms with Crippen LogP contribution in [0, 0.1) is 0 Å². The van der Waals surface area contributed by atoms with Gasteiger partial charge in [-0.25, -0.2) is 0 Å². The fourth-order valence-corrected chi connectivity index (χ4v) is 8.01. The molecule has 0 aliphatic rings. The van der Waals surface area contributed by atoms with E-state index in [1.54, 1.807) is 6.08 Å². The molecule has 0 aromatic carbocycles. The zero-order valence-electron chi connectivity index (χ0n) is 38.5. The van der Waals surface area contributed by atoms with Crippen molar-refractivity contribution in [3.05, 3.63) is 24.3 Å². The minimum Gasteiger partial charge on any atom is -0.394 e. The van der Waals surface area contributed by atoms with Gasteiger partial charge in [-0.15, -0.1) is 0 Å². The first-order chi connectivity index (χ1) is 28.1. The largest absolute Gasteiger partial charge is 0.394 e. The summed E-state index contributed by atoms with van der Waals surface area (Å²) < 4.78 is 0. The Morgan fingerprint density at radius 1 is 0.421 bits per heavy atom. The number of aliphatic hydroxyl groups is 3. The average Bonchev–Trinajstić information content (AvgIpc) is 3.22. The fourth-order valence-electron chi connectivity index (χ4n) is 8.01. The number of allylic oxidation sites excluding steroid dienone is 3. The normalized spacial score (nSPS) is 13.6. The molecule has 0 bridgehead atoms. The van der Waals surface area contributed by atoms with E-state index < -0.39 is 24.2 Å². The zero-order chi connectivity index (χ0) is 41.5. The second-order valence-electron chi connectivity index (χ2n) is 17.7. The summed E-state index contributed by atoms with van der Waals surface area (Å²) in [6.07, 6.45) is 59.5. The molecule has 0 heterocycles. The molecule has 1 amide bonds. The number of aliphatic hydroxyl groups excluding tert-OH is 3. The molecule has 0 rings (SSSR count). The van der Waals surface area contributed by atoms with E-state index in [2.05, 4.69) is 31.3 Å². The molecule has 0 fully saturated rings. The predicted molar refractivity (Wildman–Crippen MR) is 250 cm³/mol. The fraction of sp³-hybridized carbons (Fsp3) is 0.904. The van der Waals surface area contributed by atoms with Crippen LogP contribution in [0.25, 0.3) is 0 Å². The number of hydrogen-bond acceptors (Lipinski definition) is 4. The summed E-state index contributed by atoms with van der Waals surface area (Å²) in [4.78, 5) is 12.5. The smallest absolute Gasteiger partial charge is 0.249 e. The third kappa shape index (κ3) is 42.8. The first-order valence-electron chi connectivity index (χ1n) is 25.7. The van der Waals surface area contributed by atoms with Gasteiger partial charge in [0.2, 0.25) is 5.91 Å². The first kappa shape index (κ1) is 55.8. The van der Waals surface area contributed by atoms with Crippen LogP contribution in [0.5, 0.6) is 0 Å². The maximum absolute atomic E-state index is 12.5. The van der Waals surface area contributed by atoms with Gasteiger partial charge in [0.15, 0.2) is 0 Å². The van der Waals surface area contributed by atoms with Gasteiger partial charge in [-0.1, -0.05) is 256 Å². The summed E-state index contributed by atoms with van der Waals surface area (Å²) in [5.74, 6) is -0.504. The van der Waals surface area contributed by atoms with Gasteiger partial charge in [-0.2, -0.15) is 0 Å². The Morgan fingerprint density at radius 2 is 0.702 bits per heavy atom. The summed E-state index contributed by atoms with van der Waals surface area (Å²) in [5, 5.41) is 33.3. The van der Waals surface area contributed by atoms with Gasteiger partial charge in [-0.05, 0) is 44.9 Å². The van der Waals surface area contributed by atoms with Gasteiger partial charge < -0.3 is 20.6 Å². The van der Waals surface area contributed by atoms with Crippen molar-refractivity contribution in [3.8, 4) is 0 Å². The molecule has 0 aromatic rings. The van der Waals surface area contributed by atoms with E-state index in [4.69, 9.17) is 0 Å². The lowest BCUT2D eigenvalue weighted by atomic mass is 10.0. The van der Waals surface area contributed by atoms with Gasteiger partial charge in [0, 0.05) is 0 Å². The summed E-state index contributed by atoms with van der Waals surface area (Å²) in [7, 11) is 0. The summed E-state index contributed by atoms with van der Waals surface area (Å²) >= 11 is 0. The number of carbonyl (C=O) groups excluding carboxylic acids is 1. The lowest BCUT2D eigenvalue weighted by molar-refractivity contribution is -0.131. The van der Waals surface area contributed by atoms with Crippen LogP contribution in [0.4, 0.5) is 0 Å². The maximum Gasteiger partial charge on any atom is 0.249 e. The molecule has 3 atom stereocenters. The highest BCUT2D eigenvalue weighted by molar-refractivity contribution is 5.80. The molecule has 3 unspecified atom stereocenters. The van der Waals surface area contributed by atoms with Crippen molar-refractivity contribution >= 4 is 5.91 Å². The third-order valence-corrected chi connectivity index (χ3v) is 12.0. The summed E-state index contributed by atoms with van der Waals surface area (Å²) in [5.41, 5.74) is 0. The minimum atomic E-state index is -1.10. The van der Waals surface area contributed by atoms with E-state index in [0.717, 1.165) is 32.1 Å². The summed E-state index contributed by atoms with van der Waals surface area (Å²) in [6, 6.07) is -0.799. The number of amides is 1.